The van der Waals surface area contributed by atoms with E-state index in [9.17, 15) is 14.4 Å². The van der Waals surface area contributed by atoms with Gasteiger partial charge in [-0.1, -0.05) is 12.1 Å². The van der Waals surface area contributed by atoms with Crippen LogP contribution in [0.25, 0.3) is 0 Å². The smallest absolute Gasteiger partial charge is 0.261 e. The van der Waals surface area contributed by atoms with Crippen LogP contribution < -0.4 is 0 Å². The monoisotopic (exact) mass is 202 g/mol. The summed E-state index contributed by atoms with van der Waals surface area (Å²) in [6, 6.07) is 6.64. The zero-order valence-electron chi connectivity index (χ0n) is 7.90. The van der Waals surface area contributed by atoms with Crippen LogP contribution in [0.3, 0.4) is 0 Å². The fraction of sp³-hybridized carbons (Fsp3) is 0.182. The molecular weight excluding hydrogens is 194 g/mol. The quantitative estimate of drug-likeness (QED) is 0.680. The highest BCUT2D eigenvalue weighted by Gasteiger charge is 2.34. The number of fused-ring (bicyclic) bond motifs is 1. The minimum absolute atomic E-state index is 0.0610. The highest BCUT2D eigenvalue weighted by Crippen LogP contribution is 2.21. The zero-order valence-corrected chi connectivity index (χ0v) is 7.90. The van der Waals surface area contributed by atoms with Crippen molar-refractivity contribution in [2.24, 2.45) is 0 Å². The molecule has 1 radical (unpaired) electrons. The first-order valence-electron chi connectivity index (χ1n) is 4.56. The second kappa shape index (κ2) is 3.65. The molecule has 0 N–H and O–H groups in total. The largest absolute Gasteiger partial charge is 0.291 e. The molecule has 0 aromatic heterocycles. The van der Waals surface area contributed by atoms with E-state index in [1.807, 2.05) is 0 Å². The van der Waals surface area contributed by atoms with E-state index >= 15 is 0 Å². The van der Waals surface area contributed by atoms with Crippen LogP contribution in [0, 0.1) is 0 Å². The van der Waals surface area contributed by atoms with Gasteiger partial charge in [0.05, 0.1) is 11.1 Å². The lowest BCUT2D eigenvalue weighted by Crippen LogP contribution is -2.30. The van der Waals surface area contributed by atoms with Crippen molar-refractivity contribution < 1.29 is 14.4 Å². The summed E-state index contributed by atoms with van der Waals surface area (Å²) in [6.07, 6.45) is 1.73. The van der Waals surface area contributed by atoms with E-state index in [1.54, 1.807) is 30.6 Å². The molecule has 2 amide bonds. The van der Waals surface area contributed by atoms with Crippen molar-refractivity contribution in [3.8, 4) is 0 Å². The van der Waals surface area contributed by atoms with Crippen molar-refractivity contribution in [1.29, 1.82) is 0 Å². The second-order valence-corrected chi connectivity index (χ2v) is 3.20. The van der Waals surface area contributed by atoms with Crippen LogP contribution in [-0.2, 0) is 4.79 Å². The van der Waals surface area contributed by atoms with Crippen molar-refractivity contribution in [3.63, 3.8) is 0 Å². The number of nitrogens with zero attached hydrogens (tertiary/aromatic N) is 1. The average molecular weight is 202 g/mol. The molecule has 2 rings (SSSR count). The molecule has 0 unspecified atom stereocenters. The van der Waals surface area contributed by atoms with Crippen molar-refractivity contribution >= 4 is 18.1 Å². The highest BCUT2D eigenvalue weighted by atomic mass is 16.2. The predicted molar refractivity (Wildman–Crippen MR) is 52.1 cm³/mol. The average Bonchev–Trinajstić information content (AvgIpc) is 2.51. The number of carbonyl (C=O) groups excluding carboxylic acids is 3. The Labute approximate surface area is 86.5 Å². The van der Waals surface area contributed by atoms with Crippen LogP contribution in [0.1, 0.15) is 27.1 Å². The summed E-state index contributed by atoms with van der Waals surface area (Å²) in [5.74, 6) is -0.656. The number of imide groups is 1. The molecule has 1 aliphatic rings. The first kappa shape index (κ1) is 9.58. The first-order chi connectivity index (χ1) is 7.25. The van der Waals surface area contributed by atoms with Gasteiger partial charge in [0.25, 0.3) is 11.8 Å². The van der Waals surface area contributed by atoms with Crippen LogP contribution in [-0.4, -0.2) is 29.5 Å². The lowest BCUT2D eigenvalue weighted by atomic mass is 10.1. The van der Waals surface area contributed by atoms with E-state index in [4.69, 9.17) is 0 Å². The minimum Gasteiger partial charge on any atom is -0.291 e. The number of carbonyl (C=O) groups is 2. The third-order valence-electron chi connectivity index (χ3n) is 2.32. The maximum atomic E-state index is 11.7. The molecule has 75 valence electrons. The fourth-order valence-corrected chi connectivity index (χ4v) is 1.60. The molecule has 4 nitrogen and oxygen atoms in total. The topological polar surface area (TPSA) is 54.5 Å². The van der Waals surface area contributed by atoms with Gasteiger partial charge < -0.3 is 0 Å². The second-order valence-electron chi connectivity index (χ2n) is 3.20. The molecule has 0 aliphatic carbocycles. The Morgan fingerprint density at radius 3 is 2.07 bits per heavy atom. The summed E-state index contributed by atoms with van der Waals surface area (Å²) in [4.78, 5) is 34.5. The SMILES string of the molecule is O=[C]CCN1C(=O)c2ccccc2C1=O. The molecule has 0 atom stereocenters. The third-order valence-corrected chi connectivity index (χ3v) is 2.32. The Balaban J connectivity index is 2.32. The number of amides is 2. The highest BCUT2D eigenvalue weighted by molar-refractivity contribution is 6.21. The van der Waals surface area contributed by atoms with Crippen LogP contribution in [0.2, 0.25) is 0 Å². The fourth-order valence-electron chi connectivity index (χ4n) is 1.60. The Hall–Kier alpha value is -1.97. The molecule has 1 aromatic rings. The van der Waals surface area contributed by atoms with Gasteiger partial charge in [0.1, 0.15) is 0 Å². The molecule has 15 heavy (non-hydrogen) atoms. The van der Waals surface area contributed by atoms with Crippen LogP contribution >= 0.6 is 0 Å². The molecule has 4 heteroatoms. The number of hydrogen-bond donors (Lipinski definition) is 0. The van der Waals surface area contributed by atoms with Gasteiger partial charge in [0, 0.05) is 13.0 Å². The molecule has 0 saturated heterocycles. The molecule has 0 spiro atoms. The van der Waals surface area contributed by atoms with Gasteiger partial charge in [-0.05, 0) is 12.1 Å². The molecule has 1 aliphatic heterocycles. The Morgan fingerprint density at radius 1 is 1.07 bits per heavy atom. The van der Waals surface area contributed by atoms with Gasteiger partial charge in [0.15, 0.2) is 6.29 Å². The molecule has 0 fully saturated rings. The molecule has 1 heterocycles. The van der Waals surface area contributed by atoms with E-state index in [-0.39, 0.29) is 24.8 Å². The van der Waals surface area contributed by atoms with Gasteiger partial charge in [-0.15, -0.1) is 0 Å². The van der Waals surface area contributed by atoms with E-state index in [2.05, 4.69) is 0 Å². The lowest BCUT2D eigenvalue weighted by Gasteiger charge is -2.10. The van der Waals surface area contributed by atoms with Gasteiger partial charge in [-0.3, -0.25) is 19.3 Å². The molecule has 0 bridgehead atoms. The summed E-state index contributed by atoms with van der Waals surface area (Å²) in [7, 11) is 0. The van der Waals surface area contributed by atoms with Crippen molar-refractivity contribution in [2.45, 2.75) is 6.42 Å². The summed E-state index contributed by atoms with van der Waals surface area (Å²) < 4.78 is 0. The van der Waals surface area contributed by atoms with E-state index in [1.165, 1.54) is 0 Å². The summed E-state index contributed by atoms with van der Waals surface area (Å²) in [6.45, 7) is 0.107. The van der Waals surface area contributed by atoms with Gasteiger partial charge in [0.2, 0.25) is 0 Å². The van der Waals surface area contributed by atoms with Crippen molar-refractivity contribution in [3.05, 3.63) is 35.4 Å². The van der Waals surface area contributed by atoms with E-state index in [0.29, 0.717) is 11.1 Å². The number of rotatable bonds is 3. The van der Waals surface area contributed by atoms with E-state index < -0.39 is 0 Å². The molecular formula is C11H8NO3. The summed E-state index contributed by atoms with van der Waals surface area (Å²) in [5.41, 5.74) is 0.821. The zero-order chi connectivity index (χ0) is 10.8. The first-order valence-corrected chi connectivity index (χ1v) is 4.56. The standard InChI is InChI=1S/C11H8NO3/c13-7-3-6-12-10(14)8-4-1-2-5-9(8)11(12)15/h1-2,4-5H,3,6H2. The Kier molecular flexibility index (Phi) is 2.33. The van der Waals surface area contributed by atoms with Gasteiger partial charge >= 0.3 is 0 Å². The normalized spacial score (nSPS) is 14.3. The molecule has 1 aromatic carbocycles. The van der Waals surface area contributed by atoms with Gasteiger partial charge in [-0.2, -0.15) is 0 Å². The van der Waals surface area contributed by atoms with E-state index in [0.717, 1.165) is 4.90 Å². The number of hydrogen-bond acceptors (Lipinski definition) is 3. The van der Waals surface area contributed by atoms with Crippen molar-refractivity contribution in [2.75, 3.05) is 6.54 Å². The maximum absolute atomic E-state index is 11.7. The maximum Gasteiger partial charge on any atom is 0.261 e. The number of benzene rings is 1. The summed E-state index contributed by atoms with van der Waals surface area (Å²) in [5, 5.41) is 0. The van der Waals surface area contributed by atoms with Crippen LogP contribution in [0.15, 0.2) is 24.3 Å². The predicted octanol–water partition coefficient (Wildman–Crippen LogP) is 0.782. The Bertz CT molecular complexity index is 404. The third kappa shape index (κ3) is 1.44. The van der Waals surface area contributed by atoms with Crippen LogP contribution in [0.5, 0.6) is 0 Å². The van der Waals surface area contributed by atoms with Gasteiger partial charge in [-0.25, -0.2) is 0 Å². The van der Waals surface area contributed by atoms with Crippen LogP contribution in [0.4, 0.5) is 0 Å². The minimum atomic E-state index is -0.328. The van der Waals surface area contributed by atoms with Crippen molar-refractivity contribution in [1.82, 2.24) is 4.90 Å². The lowest BCUT2D eigenvalue weighted by molar-refractivity contribution is 0.0658. The molecule has 0 saturated carbocycles. The Morgan fingerprint density at radius 2 is 1.60 bits per heavy atom. The summed E-state index contributed by atoms with van der Waals surface area (Å²) >= 11 is 0.